The maximum Gasteiger partial charge on any atom is 0.352 e. The summed E-state index contributed by atoms with van der Waals surface area (Å²) >= 11 is 13.4. The zero-order chi connectivity index (χ0) is 34.9. The highest BCUT2D eigenvalue weighted by Gasteiger charge is 2.37. The lowest BCUT2D eigenvalue weighted by atomic mass is 9.98. The van der Waals surface area contributed by atoms with E-state index in [0.29, 0.717) is 53.3 Å². The largest absolute Gasteiger partial charge is 0.494 e. The van der Waals surface area contributed by atoms with Crippen LogP contribution in [-0.4, -0.2) is 49.5 Å². The molecule has 6 aromatic rings. The summed E-state index contributed by atoms with van der Waals surface area (Å²) in [6.07, 6.45) is 1.24. The molecule has 1 amide bonds. The fraction of sp³-hybridized carbons (Fsp3) is 0.289. The van der Waals surface area contributed by atoms with Gasteiger partial charge in [-0.1, -0.05) is 35.3 Å². The minimum Gasteiger partial charge on any atom is -0.494 e. The summed E-state index contributed by atoms with van der Waals surface area (Å²) < 4.78 is 10.2. The molecule has 1 aliphatic rings. The molecular formula is C38H37Cl2N5O4. The maximum absolute atomic E-state index is 14.9. The first-order valence-corrected chi connectivity index (χ1v) is 17.0. The SMILES string of the molecule is Cc1cc(OCCCc2c3n(c4c(-c5c(C)nn(C)c5C)c(Cl)ccc24)[C@H](C)CN(c2cccc4[nH]c(C(=O)O)cc24)C3=O)cc(C)c1Cl. The van der Waals surface area contributed by atoms with E-state index in [2.05, 4.69) is 16.5 Å². The van der Waals surface area contributed by atoms with Gasteiger partial charge in [0.1, 0.15) is 17.1 Å². The molecule has 3 aromatic heterocycles. The Labute approximate surface area is 294 Å². The zero-order valence-electron chi connectivity index (χ0n) is 28.2. The first-order valence-electron chi connectivity index (χ1n) is 16.3. The van der Waals surface area contributed by atoms with Gasteiger partial charge in [-0.05, 0) is 101 Å². The van der Waals surface area contributed by atoms with E-state index in [0.717, 1.165) is 60.9 Å². The van der Waals surface area contributed by atoms with Crippen LogP contribution in [0.4, 0.5) is 5.69 Å². The van der Waals surface area contributed by atoms with Crippen LogP contribution in [0.1, 0.15) is 68.4 Å². The Morgan fingerprint density at radius 3 is 2.45 bits per heavy atom. The Morgan fingerprint density at radius 1 is 1.04 bits per heavy atom. The molecule has 11 heteroatoms. The van der Waals surface area contributed by atoms with E-state index < -0.39 is 5.97 Å². The Kier molecular flexibility index (Phi) is 8.24. The number of carbonyl (C=O) groups is 2. The van der Waals surface area contributed by atoms with Crippen molar-refractivity contribution in [2.24, 2.45) is 7.05 Å². The number of rotatable bonds is 8. The number of aromatic nitrogens is 4. The second-order valence-corrected chi connectivity index (χ2v) is 13.8. The number of fused-ring (bicyclic) bond motifs is 4. The third-order valence-electron chi connectivity index (χ3n) is 9.73. The number of hydrogen-bond acceptors (Lipinski definition) is 4. The van der Waals surface area contributed by atoms with Crippen LogP contribution in [0.3, 0.4) is 0 Å². The molecule has 49 heavy (non-hydrogen) atoms. The minimum atomic E-state index is -1.06. The molecule has 0 aliphatic carbocycles. The highest BCUT2D eigenvalue weighted by molar-refractivity contribution is 6.35. The number of anilines is 1. The predicted octanol–water partition coefficient (Wildman–Crippen LogP) is 8.99. The van der Waals surface area contributed by atoms with E-state index in [9.17, 15) is 14.7 Å². The molecule has 7 rings (SSSR count). The summed E-state index contributed by atoms with van der Waals surface area (Å²) in [4.78, 5) is 31.4. The fourth-order valence-corrected chi connectivity index (χ4v) is 7.78. The number of nitrogens with zero attached hydrogens (tertiary/aromatic N) is 4. The van der Waals surface area contributed by atoms with Crippen molar-refractivity contribution >= 4 is 62.6 Å². The molecule has 3 aromatic carbocycles. The lowest BCUT2D eigenvalue weighted by molar-refractivity contribution is 0.0691. The summed E-state index contributed by atoms with van der Waals surface area (Å²) in [5.74, 6) is -0.447. The highest BCUT2D eigenvalue weighted by atomic mass is 35.5. The highest BCUT2D eigenvalue weighted by Crippen LogP contribution is 2.45. The van der Waals surface area contributed by atoms with E-state index in [1.54, 1.807) is 11.0 Å². The number of hydrogen-bond donors (Lipinski definition) is 2. The predicted molar refractivity (Wildman–Crippen MR) is 195 cm³/mol. The number of H-pyrrole nitrogens is 1. The summed E-state index contributed by atoms with van der Waals surface area (Å²) in [6, 6.07) is 14.8. The molecule has 1 aliphatic heterocycles. The number of carbonyl (C=O) groups excluding carboxylic acids is 1. The molecule has 0 bridgehead atoms. The number of aromatic carboxylic acids is 1. The van der Waals surface area contributed by atoms with Gasteiger partial charge in [0.15, 0.2) is 0 Å². The number of carboxylic acid groups (broad SMARTS) is 1. The fourth-order valence-electron chi connectivity index (χ4n) is 7.43. The van der Waals surface area contributed by atoms with Gasteiger partial charge >= 0.3 is 5.97 Å². The summed E-state index contributed by atoms with van der Waals surface area (Å²) in [5.41, 5.74) is 9.41. The molecule has 0 fully saturated rings. The first kappa shape index (κ1) is 32.8. The molecule has 0 saturated heterocycles. The molecule has 0 spiro atoms. The molecule has 252 valence electrons. The van der Waals surface area contributed by atoms with Crippen molar-refractivity contribution in [1.29, 1.82) is 0 Å². The van der Waals surface area contributed by atoms with Crippen molar-refractivity contribution in [2.75, 3.05) is 18.1 Å². The van der Waals surface area contributed by atoms with Crippen molar-refractivity contribution in [2.45, 2.75) is 53.5 Å². The molecule has 0 unspecified atom stereocenters. The van der Waals surface area contributed by atoms with Gasteiger partial charge in [-0.3, -0.25) is 9.48 Å². The quantitative estimate of drug-likeness (QED) is 0.155. The van der Waals surface area contributed by atoms with E-state index in [4.69, 9.17) is 33.0 Å². The number of carboxylic acids is 1. The smallest absolute Gasteiger partial charge is 0.352 e. The second-order valence-electron chi connectivity index (χ2n) is 13.0. The molecule has 0 radical (unpaired) electrons. The number of aryl methyl sites for hydroxylation is 5. The number of benzene rings is 3. The Bertz CT molecular complexity index is 2310. The standard InChI is InChI=1S/C38H37Cl2N5O4/c1-19-15-24(16-20(2)34(19)40)49-14-8-9-25-26-12-13-28(39)33(32-22(4)42-43(6)23(32)5)35(26)45-21(3)18-44(37(46)36(25)45)31-11-7-10-29-27(31)17-30(41-29)38(47)48/h7,10-13,15-17,21,41H,8-9,14,18H2,1-6H3,(H,47,48)/t21-/m1/s1. The Hall–Kier alpha value is -4.73. The summed E-state index contributed by atoms with van der Waals surface area (Å²) in [6.45, 7) is 10.9. The van der Waals surface area contributed by atoms with Crippen LogP contribution < -0.4 is 9.64 Å². The lowest BCUT2D eigenvalue weighted by Gasteiger charge is -2.34. The first-order chi connectivity index (χ1) is 23.4. The van der Waals surface area contributed by atoms with Gasteiger partial charge in [-0.2, -0.15) is 5.10 Å². The zero-order valence-corrected chi connectivity index (χ0v) is 29.8. The van der Waals surface area contributed by atoms with Crippen molar-refractivity contribution < 1.29 is 19.4 Å². The molecule has 4 heterocycles. The summed E-state index contributed by atoms with van der Waals surface area (Å²) in [7, 11) is 1.92. The third-order valence-corrected chi connectivity index (χ3v) is 10.6. The summed E-state index contributed by atoms with van der Waals surface area (Å²) in [5, 5.41) is 17.3. The van der Waals surface area contributed by atoms with Crippen molar-refractivity contribution in [1.82, 2.24) is 19.3 Å². The monoisotopic (exact) mass is 697 g/mol. The van der Waals surface area contributed by atoms with Crippen molar-refractivity contribution in [3.05, 3.63) is 98.0 Å². The normalized spacial score (nSPS) is 14.7. The third kappa shape index (κ3) is 5.36. The van der Waals surface area contributed by atoms with Crippen LogP contribution in [0.5, 0.6) is 5.75 Å². The van der Waals surface area contributed by atoms with Gasteiger partial charge in [0.05, 0.1) is 28.5 Å². The van der Waals surface area contributed by atoms with Gasteiger partial charge in [0.25, 0.3) is 5.91 Å². The number of nitrogens with one attached hydrogen (secondary N) is 1. The number of ether oxygens (including phenoxy) is 1. The molecule has 9 nitrogen and oxygen atoms in total. The van der Waals surface area contributed by atoms with Crippen LogP contribution in [0.25, 0.3) is 32.9 Å². The topological polar surface area (TPSA) is 105 Å². The van der Waals surface area contributed by atoms with E-state index in [-0.39, 0.29) is 17.6 Å². The second kappa shape index (κ2) is 12.3. The van der Waals surface area contributed by atoms with Crippen molar-refractivity contribution in [3.8, 4) is 16.9 Å². The van der Waals surface area contributed by atoms with Gasteiger partial charge in [-0.25, -0.2) is 4.79 Å². The van der Waals surface area contributed by atoms with Gasteiger partial charge < -0.3 is 24.3 Å². The van der Waals surface area contributed by atoms with Crippen LogP contribution in [0, 0.1) is 27.7 Å². The Morgan fingerprint density at radius 2 is 1.78 bits per heavy atom. The minimum absolute atomic E-state index is 0.0716. The van der Waals surface area contributed by atoms with E-state index in [1.807, 2.05) is 81.9 Å². The van der Waals surface area contributed by atoms with Crippen molar-refractivity contribution in [3.63, 3.8) is 0 Å². The van der Waals surface area contributed by atoms with E-state index in [1.165, 1.54) is 0 Å². The Balaban J connectivity index is 1.37. The number of aromatic amines is 1. The lowest BCUT2D eigenvalue weighted by Crippen LogP contribution is -2.42. The van der Waals surface area contributed by atoms with Crippen LogP contribution in [0.2, 0.25) is 10.0 Å². The molecule has 2 N–H and O–H groups in total. The van der Waals surface area contributed by atoms with Gasteiger partial charge in [0, 0.05) is 57.8 Å². The molecule has 1 atom stereocenters. The van der Waals surface area contributed by atoms with Gasteiger partial charge in [0.2, 0.25) is 0 Å². The van der Waals surface area contributed by atoms with Crippen LogP contribution >= 0.6 is 23.2 Å². The maximum atomic E-state index is 14.9. The average molecular weight is 699 g/mol. The number of halogens is 2. The molecule has 0 saturated carbocycles. The van der Waals surface area contributed by atoms with E-state index >= 15 is 0 Å². The van der Waals surface area contributed by atoms with Crippen LogP contribution in [-0.2, 0) is 13.5 Å². The number of amides is 1. The van der Waals surface area contributed by atoms with Crippen LogP contribution in [0.15, 0.2) is 48.5 Å². The molecular weight excluding hydrogens is 661 g/mol. The van der Waals surface area contributed by atoms with Gasteiger partial charge in [-0.15, -0.1) is 0 Å². The average Bonchev–Trinajstić information content (AvgIpc) is 3.72.